The normalized spacial score (nSPS) is 28.0. The van der Waals surface area contributed by atoms with Crippen molar-refractivity contribution in [2.45, 2.75) is 25.7 Å². The topological polar surface area (TPSA) is 72.5 Å². The highest BCUT2D eigenvalue weighted by atomic mass is 16.1. The molecule has 0 heterocycles. The van der Waals surface area contributed by atoms with E-state index in [9.17, 15) is 9.59 Å². The standard InChI is InChI=1S/C9H14N2O2/c1-11-9(13)7-4-2-6(3-5-7)8(10)12/h6-7H,1-5H2,(H2,10,12). The lowest BCUT2D eigenvalue weighted by Crippen LogP contribution is -2.29. The van der Waals surface area contributed by atoms with Gasteiger partial charge in [-0.25, -0.2) is 4.99 Å². The molecular formula is C9H14N2O2. The van der Waals surface area contributed by atoms with Crippen LogP contribution in [0.5, 0.6) is 0 Å². The minimum atomic E-state index is -0.252. The summed E-state index contributed by atoms with van der Waals surface area (Å²) in [5.74, 6) is -0.484. The van der Waals surface area contributed by atoms with E-state index in [4.69, 9.17) is 5.73 Å². The number of nitrogens with two attached hydrogens (primary N) is 1. The molecule has 1 fully saturated rings. The third-order valence-corrected chi connectivity index (χ3v) is 2.63. The molecule has 1 rings (SSSR count). The third kappa shape index (κ3) is 2.37. The summed E-state index contributed by atoms with van der Waals surface area (Å²) in [5, 5.41) is 0. The van der Waals surface area contributed by atoms with Crippen LogP contribution in [0.1, 0.15) is 25.7 Å². The van der Waals surface area contributed by atoms with E-state index >= 15 is 0 Å². The fraction of sp³-hybridized carbons (Fsp3) is 0.667. The van der Waals surface area contributed by atoms with Gasteiger partial charge in [0.2, 0.25) is 11.8 Å². The Hall–Kier alpha value is -1.19. The van der Waals surface area contributed by atoms with Crippen LogP contribution in [-0.2, 0) is 9.59 Å². The number of primary amides is 1. The summed E-state index contributed by atoms with van der Waals surface area (Å²) in [6.45, 7) is 3.20. The highest BCUT2D eigenvalue weighted by molar-refractivity contribution is 5.83. The molecule has 0 spiro atoms. The van der Waals surface area contributed by atoms with Crippen molar-refractivity contribution in [1.29, 1.82) is 0 Å². The molecule has 2 N–H and O–H groups in total. The van der Waals surface area contributed by atoms with E-state index in [1.807, 2.05) is 0 Å². The molecule has 0 aromatic rings. The molecule has 0 aromatic carbocycles. The molecule has 0 aliphatic heterocycles. The Balaban J connectivity index is 2.43. The SMILES string of the molecule is C=NC(=O)C1CCC(C(N)=O)CC1. The summed E-state index contributed by atoms with van der Waals surface area (Å²) in [6.07, 6.45) is 2.85. The third-order valence-electron chi connectivity index (χ3n) is 2.63. The lowest BCUT2D eigenvalue weighted by atomic mass is 9.81. The molecule has 72 valence electrons. The second-order valence-electron chi connectivity index (χ2n) is 3.45. The Morgan fingerprint density at radius 3 is 2.00 bits per heavy atom. The maximum Gasteiger partial charge on any atom is 0.248 e. The molecule has 1 aliphatic carbocycles. The minimum absolute atomic E-state index is 0.0342. The fourth-order valence-corrected chi connectivity index (χ4v) is 1.75. The van der Waals surface area contributed by atoms with Crippen LogP contribution < -0.4 is 5.73 Å². The smallest absolute Gasteiger partial charge is 0.248 e. The van der Waals surface area contributed by atoms with E-state index in [0.717, 1.165) is 0 Å². The van der Waals surface area contributed by atoms with E-state index in [1.54, 1.807) is 0 Å². The monoisotopic (exact) mass is 182 g/mol. The van der Waals surface area contributed by atoms with Crippen molar-refractivity contribution in [3.63, 3.8) is 0 Å². The average molecular weight is 182 g/mol. The lowest BCUT2D eigenvalue weighted by molar-refractivity contribution is -0.127. The Bertz CT molecular complexity index is 230. The highest BCUT2D eigenvalue weighted by Gasteiger charge is 2.28. The summed E-state index contributed by atoms with van der Waals surface area (Å²) in [7, 11) is 0. The predicted octanol–water partition coefficient (Wildman–Crippen LogP) is 0.505. The van der Waals surface area contributed by atoms with Crippen molar-refractivity contribution in [1.82, 2.24) is 0 Å². The molecule has 4 nitrogen and oxygen atoms in total. The van der Waals surface area contributed by atoms with Gasteiger partial charge in [0.05, 0.1) is 0 Å². The van der Waals surface area contributed by atoms with Crippen LogP contribution in [0.25, 0.3) is 0 Å². The summed E-state index contributed by atoms with van der Waals surface area (Å²) in [5.41, 5.74) is 5.16. The van der Waals surface area contributed by atoms with Gasteiger partial charge in [0.1, 0.15) is 0 Å². The van der Waals surface area contributed by atoms with Gasteiger partial charge < -0.3 is 5.73 Å². The van der Waals surface area contributed by atoms with Crippen LogP contribution in [0.4, 0.5) is 0 Å². The molecule has 0 saturated heterocycles. The van der Waals surface area contributed by atoms with Gasteiger partial charge in [-0.2, -0.15) is 0 Å². The van der Waals surface area contributed by atoms with Gasteiger partial charge in [-0.1, -0.05) is 0 Å². The van der Waals surface area contributed by atoms with Crippen LogP contribution in [-0.4, -0.2) is 18.5 Å². The second kappa shape index (κ2) is 4.16. The summed E-state index contributed by atoms with van der Waals surface area (Å²) < 4.78 is 0. The summed E-state index contributed by atoms with van der Waals surface area (Å²) >= 11 is 0. The van der Waals surface area contributed by atoms with E-state index in [1.165, 1.54) is 0 Å². The molecule has 2 amide bonds. The molecule has 13 heavy (non-hydrogen) atoms. The van der Waals surface area contributed by atoms with Crippen molar-refractivity contribution in [3.05, 3.63) is 0 Å². The fourth-order valence-electron chi connectivity index (χ4n) is 1.75. The van der Waals surface area contributed by atoms with Crippen LogP contribution in [0.2, 0.25) is 0 Å². The van der Waals surface area contributed by atoms with E-state index < -0.39 is 0 Å². The van der Waals surface area contributed by atoms with Crippen molar-refractivity contribution >= 4 is 18.5 Å². The number of carbonyl (C=O) groups is 2. The largest absolute Gasteiger partial charge is 0.369 e. The first kappa shape index (κ1) is 9.89. The molecular weight excluding hydrogens is 168 g/mol. The minimum Gasteiger partial charge on any atom is -0.369 e. The van der Waals surface area contributed by atoms with Crippen LogP contribution in [0.3, 0.4) is 0 Å². The van der Waals surface area contributed by atoms with Gasteiger partial charge in [0.15, 0.2) is 0 Å². The number of hydrogen-bond acceptors (Lipinski definition) is 2. The van der Waals surface area contributed by atoms with E-state index in [2.05, 4.69) is 11.7 Å². The van der Waals surface area contributed by atoms with E-state index in [-0.39, 0.29) is 23.7 Å². The Morgan fingerprint density at radius 2 is 1.62 bits per heavy atom. The van der Waals surface area contributed by atoms with Gasteiger partial charge in [-0.05, 0) is 32.4 Å². The number of amides is 2. The average Bonchev–Trinajstić information content (AvgIpc) is 2.17. The van der Waals surface area contributed by atoms with Crippen molar-refractivity contribution in [3.8, 4) is 0 Å². The number of nitrogens with zero attached hydrogens (tertiary/aromatic N) is 1. The molecule has 0 aromatic heterocycles. The van der Waals surface area contributed by atoms with Gasteiger partial charge >= 0.3 is 0 Å². The number of hydrogen-bond donors (Lipinski definition) is 1. The number of carbonyl (C=O) groups excluding carboxylic acids is 2. The van der Waals surface area contributed by atoms with Crippen molar-refractivity contribution in [2.24, 2.45) is 22.6 Å². The maximum atomic E-state index is 11.1. The van der Waals surface area contributed by atoms with Gasteiger partial charge in [-0.15, -0.1) is 0 Å². The number of rotatable bonds is 2. The van der Waals surface area contributed by atoms with Crippen LogP contribution >= 0.6 is 0 Å². The summed E-state index contributed by atoms with van der Waals surface area (Å²) in [6, 6.07) is 0. The highest BCUT2D eigenvalue weighted by Crippen LogP contribution is 2.29. The van der Waals surface area contributed by atoms with Crippen LogP contribution in [0, 0.1) is 11.8 Å². The quantitative estimate of drug-likeness (QED) is 0.632. The molecule has 0 atom stereocenters. The zero-order chi connectivity index (χ0) is 9.84. The predicted molar refractivity (Wildman–Crippen MR) is 49.2 cm³/mol. The lowest BCUT2D eigenvalue weighted by Gasteiger charge is -2.23. The molecule has 0 unspecified atom stereocenters. The van der Waals surface area contributed by atoms with Gasteiger partial charge in [-0.3, -0.25) is 9.59 Å². The van der Waals surface area contributed by atoms with Gasteiger partial charge in [0.25, 0.3) is 0 Å². The molecule has 0 radical (unpaired) electrons. The number of aliphatic imine (C=N–C) groups is 1. The Kier molecular flexibility index (Phi) is 3.17. The first-order chi connectivity index (χ1) is 6.15. The zero-order valence-electron chi connectivity index (χ0n) is 7.53. The molecule has 0 bridgehead atoms. The van der Waals surface area contributed by atoms with Crippen molar-refractivity contribution in [2.75, 3.05) is 0 Å². The van der Waals surface area contributed by atoms with Crippen molar-refractivity contribution < 1.29 is 9.59 Å². The van der Waals surface area contributed by atoms with Gasteiger partial charge in [0, 0.05) is 11.8 Å². The second-order valence-corrected chi connectivity index (χ2v) is 3.45. The molecule has 1 aliphatic rings. The first-order valence-corrected chi connectivity index (χ1v) is 4.45. The Morgan fingerprint density at radius 1 is 1.15 bits per heavy atom. The van der Waals surface area contributed by atoms with Crippen LogP contribution in [0.15, 0.2) is 4.99 Å². The Labute approximate surface area is 77.2 Å². The van der Waals surface area contributed by atoms with E-state index in [0.29, 0.717) is 25.7 Å². The summed E-state index contributed by atoms with van der Waals surface area (Å²) in [4.78, 5) is 25.3. The molecule has 4 heteroatoms. The maximum absolute atomic E-state index is 11.1. The zero-order valence-corrected chi connectivity index (χ0v) is 7.53. The first-order valence-electron chi connectivity index (χ1n) is 4.45. The molecule has 1 saturated carbocycles.